The molecule has 0 unspecified atom stereocenters. The van der Waals surface area contributed by atoms with Crippen LogP contribution in [0.25, 0.3) is 6.08 Å². The molecule has 0 aliphatic heterocycles. The summed E-state index contributed by atoms with van der Waals surface area (Å²) in [5, 5.41) is 11.1. The normalized spacial score (nSPS) is 10.4. The van der Waals surface area contributed by atoms with Crippen molar-refractivity contribution in [3.05, 3.63) is 36.2 Å². The van der Waals surface area contributed by atoms with Gasteiger partial charge in [-0.05, 0) is 18.9 Å². The molecular formula is C14H20N3O3+. The van der Waals surface area contributed by atoms with E-state index in [1.165, 1.54) is 6.08 Å². The molecule has 0 atom stereocenters. The number of nitrogens with one attached hydrogen (secondary N) is 3. The largest absolute Gasteiger partial charge is 0.353 e. The van der Waals surface area contributed by atoms with Crippen molar-refractivity contribution < 1.29 is 19.8 Å². The fraction of sp³-hybridized carbons (Fsp3) is 0.357. The van der Waals surface area contributed by atoms with Crippen LogP contribution in [0.2, 0.25) is 0 Å². The highest BCUT2D eigenvalue weighted by Crippen LogP contribution is 1.98. The molecule has 0 aliphatic rings. The predicted molar refractivity (Wildman–Crippen MR) is 73.4 cm³/mol. The highest BCUT2D eigenvalue weighted by atomic mass is 16.5. The van der Waals surface area contributed by atoms with Crippen molar-refractivity contribution in [3.8, 4) is 0 Å². The van der Waals surface area contributed by atoms with Crippen LogP contribution in [-0.4, -0.2) is 23.6 Å². The molecule has 4 N–H and O–H groups in total. The summed E-state index contributed by atoms with van der Waals surface area (Å²) in [6.07, 6.45) is 7.59. The number of hydroxylamine groups is 1. The van der Waals surface area contributed by atoms with Gasteiger partial charge in [0.25, 0.3) is 0 Å². The van der Waals surface area contributed by atoms with E-state index in [4.69, 9.17) is 5.21 Å². The van der Waals surface area contributed by atoms with Crippen molar-refractivity contribution >= 4 is 17.9 Å². The average Bonchev–Trinajstić information content (AvgIpc) is 2.49. The van der Waals surface area contributed by atoms with E-state index in [-0.39, 0.29) is 11.8 Å². The van der Waals surface area contributed by atoms with Crippen molar-refractivity contribution in [1.29, 1.82) is 0 Å². The van der Waals surface area contributed by atoms with E-state index >= 15 is 0 Å². The first-order valence-corrected chi connectivity index (χ1v) is 6.58. The van der Waals surface area contributed by atoms with Gasteiger partial charge in [-0.15, -0.1) is 0 Å². The first kappa shape index (κ1) is 15.8. The molecule has 2 amide bonds. The molecule has 0 bridgehead atoms. The van der Waals surface area contributed by atoms with E-state index in [0.29, 0.717) is 19.4 Å². The van der Waals surface area contributed by atoms with Crippen LogP contribution in [0.1, 0.15) is 31.4 Å². The number of pyridine rings is 1. The van der Waals surface area contributed by atoms with E-state index < -0.39 is 0 Å². The van der Waals surface area contributed by atoms with Crippen LogP contribution < -0.4 is 15.8 Å². The van der Waals surface area contributed by atoms with Crippen molar-refractivity contribution in [2.24, 2.45) is 0 Å². The molecule has 0 aromatic carbocycles. The van der Waals surface area contributed by atoms with Crippen molar-refractivity contribution in [2.45, 2.75) is 25.7 Å². The maximum absolute atomic E-state index is 11.5. The van der Waals surface area contributed by atoms with Gasteiger partial charge < -0.3 is 5.32 Å². The van der Waals surface area contributed by atoms with Gasteiger partial charge in [0.05, 0.1) is 0 Å². The lowest BCUT2D eigenvalue weighted by Gasteiger charge is -2.02. The Morgan fingerprint density at radius 2 is 2.10 bits per heavy atom. The van der Waals surface area contributed by atoms with Gasteiger partial charge in [-0.25, -0.2) is 10.5 Å². The summed E-state index contributed by atoms with van der Waals surface area (Å²) in [6.45, 7) is 0.572. The molecule has 1 rings (SSSR count). The second kappa shape index (κ2) is 9.69. The highest BCUT2D eigenvalue weighted by molar-refractivity contribution is 5.91. The zero-order valence-electron chi connectivity index (χ0n) is 11.3. The quantitative estimate of drug-likeness (QED) is 0.283. The number of aromatic amines is 1. The summed E-state index contributed by atoms with van der Waals surface area (Å²) in [4.78, 5) is 25.2. The van der Waals surface area contributed by atoms with Crippen LogP contribution in [-0.2, 0) is 9.59 Å². The van der Waals surface area contributed by atoms with E-state index in [1.807, 2.05) is 18.2 Å². The van der Waals surface area contributed by atoms with Gasteiger partial charge in [0.15, 0.2) is 6.20 Å². The highest BCUT2D eigenvalue weighted by Gasteiger charge is 1.99. The minimum Gasteiger partial charge on any atom is -0.353 e. The van der Waals surface area contributed by atoms with Gasteiger partial charge in [0.1, 0.15) is 0 Å². The SMILES string of the molecule is O=C(/C=C/c1cccc[nH+]1)NCCCCCC(=O)NO. The summed E-state index contributed by atoms with van der Waals surface area (Å²) in [5.41, 5.74) is 2.44. The number of aromatic nitrogens is 1. The summed E-state index contributed by atoms with van der Waals surface area (Å²) in [7, 11) is 0. The molecule has 0 saturated heterocycles. The molecule has 0 radical (unpaired) electrons. The van der Waals surface area contributed by atoms with Crippen LogP contribution in [0.4, 0.5) is 0 Å². The molecule has 6 nitrogen and oxygen atoms in total. The van der Waals surface area contributed by atoms with E-state index in [2.05, 4.69) is 10.3 Å². The summed E-state index contributed by atoms with van der Waals surface area (Å²) < 4.78 is 0. The summed E-state index contributed by atoms with van der Waals surface area (Å²) in [5.74, 6) is -0.522. The zero-order chi connectivity index (χ0) is 14.6. The number of carbonyl (C=O) groups excluding carboxylic acids is 2. The lowest BCUT2D eigenvalue weighted by Crippen LogP contribution is -2.22. The Kier molecular flexibility index (Phi) is 7.67. The van der Waals surface area contributed by atoms with E-state index in [0.717, 1.165) is 18.5 Å². The fourth-order valence-electron chi connectivity index (χ4n) is 1.59. The number of hydrogen-bond acceptors (Lipinski definition) is 3. The molecule has 0 fully saturated rings. The second-order valence-electron chi connectivity index (χ2n) is 4.29. The van der Waals surface area contributed by atoms with E-state index in [9.17, 15) is 9.59 Å². The molecule has 0 saturated carbocycles. The maximum Gasteiger partial charge on any atom is 0.244 e. The van der Waals surface area contributed by atoms with Gasteiger partial charge in [0, 0.05) is 37.3 Å². The lowest BCUT2D eigenvalue weighted by molar-refractivity contribution is -0.380. The van der Waals surface area contributed by atoms with Gasteiger partial charge in [-0.3, -0.25) is 14.8 Å². The monoisotopic (exact) mass is 278 g/mol. The molecule has 1 heterocycles. The Morgan fingerprint density at radius 1 is 1.25 bits per heavy atom. The smallest absolute Gasteiger partial charge is 0.244 e. The minimum atomic E-state index is -0.379. The van der Waals surface area contributed by atoms with Crippen molar-refractivity contribution in [1.82, 2.24) is 10.8 Å². The molecule has 1 aromatic heterocycles. The Bertz CT molecular complexity index is 446. The molecule has 0 aliphatic carbocycles. The number of amides is 2. The number of hydrogen-bond donors (Lipinski definition) is 3. The number of carbonyl (C=O) groups is 2. The maximum atomic E-state index is 11.5. The Morgan fingerprint density at radius 3 is 2.80 bits per heavy atom. The van der Waals surface area contributed by atoms with Gasteiger partial charge in [-0.1, -0.05) is 6.42 Å². The third kappa shape index (κ3) is 7.27. The van der Waals surface area contributed by atoms with Crippen LogP contribution >= 0.6 is 0 Å². The lowest BCUT2D eigenvalue weighted by atomic mass is 10.2. The second-order valence-corrected chi connectivity index (χ2v) is 4.29. The number of unbranched alkanes of at least 4 members (excludes halogenated alkanes) is 2. The first-order chi connectivity index (χ1) is 9.72. The topological polar surface area (TPSA) is 92.6 Å². The van der Waals surface area contributed by atoms with Gasteiger partial charge >= 0.3 is 0 Å². The van der Waals surface area contributed by atoms with Crippen LogP contribution in [0.3, 0.4) is 0 Å². The Balaban J connectivity index is 2.09. The molecular weight excluding hydrogens is 258 g/mol. The third-order valence-electron chi connectivity index (χ3n) is 2.65. The van der Waals surface area contributed by atoms with Crippen LogP contribution in [0.15, 0.2) is 30.5 Å². The molecule has 108 valence electrons. The Hall–Kier alpha value is -2.21. The summed E-state index contributed by atoms with van der Waals surface area (Å²) >= 11 is 0. The standard InChI is InChI=1S/C14H19N3O3/c18-13(9-8-12-6-3-5-10-15-12)16-11-4-1-2-7-14(19)17-20/h3,5-6,8-10,20H,1-2,4,7,11H2,(H,16,18)(H,17,19)/p+1/b9-8+. The molecule has 6 heteroatoms. The van der Waals surface area contributed by atoms with Crippen molar-refractivity contribution in [3.63, 3.8) is 0 Å². The minimum absolute atomic E-state index is 0.143. The third-order valence-corrected chi connectivity index (χ3v) is 2.65. The van der Waals surface area contributed by atoms with E-state index in [1.54, 1.807) is 17.8 Å². The number of H-pyrrole nitrogens is 1. The zero-order valence-corrected chi connectivity index (χ0v) is 11.3. The molecule has 20 heavy (non-hydrogen) atoms. The number of rotatable bonds is 8. The average molecular weight is 278 g/mol. The Labute approximate surface area is 117 Å². The van der Waals surface area contributed by atoms with Gasteiger partial charge in [-0.2, -0.15) is 0 Å². The molecule has 1 aromatic rings. The van der Waals surface area contributed by atoms with Crippen LogP contribution in [0, 0.1) is 0 Å². The fourth-order valence-corrected chi connectivity index (χ4v) is 1.59. The molecule has 0 spiro atoms. The predicted octanol–water partition coefficient (Wildman–Crippen LogP) is 0.696. The first-order valence-electron chi connectivity index (χ1n) is 6.58. The van der Waals surface area contributed by atoms with Gasteiger partial charge in [0.2, 0.25) is 17.5 Å². The van der Waals surface area contributed by atoms with Crippen LogP contribution in [0.5, 0.6) is 0 Å². The summed E-state index contributed by atoms with van der Waals surface area (Å²) in [6, 6.07) is 5.63. The van der Waals surface area contributed by atoms with Crippen molar-refractivity contribution in [2.75, 3.05) is 6.54 Å².